The highest BCUT2D eigenvalue weighted by atomic mass is 15.1. The molecule has 1 saturated heterocycles. The number of fused-ring (bicyclic) bond motifs is 1. The molecular formula is C15H15N3. The summed E-state index contributed by atoms with van der Waals surface area (Å²) in [5, 5.41) is 9.97. The zero-order valence-corrected chi connectivity index (χ0v) is 10.3. The van der Waals surface area contributed by atoms with Gasteiger partial charge in [-0.25, -0.2) is 0 Å². The van der Waals surface area contributed by atoms with Crippen LogP contribution in [0.1, 0.15) is 24.8 Å². The Hall–Kier alpha value is -2.08. The zero-order valence-electron chi connectivity index (χ0n) is 10.3. The molecule has 18 heavy (non-hydrogen) atoms. The second-order valence-corrected chi connectivity index (χ2v) is 4.73. The van der Waals surface area contributed by atoms with Crippen molar-refractivity contribution in [1.82, 2.24) is 4.98 Å². The van der Waals surface area contributed by atoms with E-state index in [1.54, 1.807) is 6.20 Å². The predicted octanol–water partition coefficient (Wildman–Crippen LogP) is 3.10. The Kier molecular flexibility index (Phi) is 2.85. The SMILES string of the molecule is N#Cc1cnc2c(N3CCCCC3)cccc2c1. The van der Waals surface area contributed by atoms with Gasteiger partial charge in [-0.05, 0) is 31.4 Å². The molecule has 1 aromatic heterocycles. The van der Waals surface area contributed by atoms with Crippen molar-refractivity contribution in [1.29, 1.82) is 5.26 Å². The topological polar surface area (TPSA) is 39.9 Å². The van der Waals surface area contributed by atoms with Crippen LogP contribution in [0.2, 0.25) is 0 Å². The number of hydrogen-bond acceptors (Lipinski definition) is 3. The van der Waals surface area contributed by atoms with Crippen molar-refractivity contribution in [3.8, 4) is 6.07 Å². The first-order valence-corrected chi connectivity index (χ1v) is 6.42. The molecule has 1 aromatic carbocycles. The van der Waals surface area contributed by atoms with Gasteiger partial charge in [0.1, 0.15) is 6.07 Å². The molecule has 0 radical (unpaired) electrons. The van der Waals surface area contributed by atoms with E-state index in [4.69, 9.17) is 5.26 Å². The molecule has 2 aromatic rings. The van der Waals surface area contributed by atoms with E-state index < -0.39 is 0 Å². The molecule has 3 rings (SSSR count). The maximum Gasteiger partial charge on any atom is 0.101 e. The van der Waals surface area contributed by atoms with Crippen LogP contribution in [0.25, 0.3) is 10.9 Å². The molecule has 0 atom stereocenters. The summed E-state index contributed by atoms with van der Waals surface area (Å²) < 4.78 is 0. The number of hydrogen-bond donors (Lipinski definition) is 0. The average molecular weight is 237 g/mol. The van der Waals surface area contributed by atoms with Gasteiger partial charge >= 0.3 is 0 Å². The summed E-state index contributed by atoms with van der Waals surface area (Å²) in [7, 11) is 0. The highest BCUT2D eigenvalue weighted by molar-refractivity contribution is 5.91. The zero-order chi connectivity index (χ0) is 12.4. The highest BCUT2D eigenvalue weighted by Gasteiger charge is 2.14. The Morgan fingerprint density at radius 2 is 2.00 bits per heavy atom. The van der Waals surface area contributed by atoms with Gasteiger partial charge in [0.05, 0.1) is 16.8 Å². The minimum absolute atomic E-state index is 0.623. The summed E-state index contributed by atoms with van der Waals surface area (Å²) in [5.74, 6) is 0. The van der Waals surface area contributed by atoms with Crippen LogP contribution < -0.4 is 4.90 Å². The van der Waals surface area contributed by atoms with Gasteiger partial charge in [0, 0.05) is 24.7 Å². The molecule has 90 valence electrons. The van der Waals surface area contributed by atoms with Crippen LogP contribution in [0.15, 0.2) is 30.5 Å². The molecule has 3 nitrogen and oxygen atoms in total. The lowest BCUT2D eigenvalue weighted by atomic mass is 10.1. The van der Waals surface area contributed by atoms with Crippen molar-refractivity contribution < 1.29 is 0 Å². The number of nitriles is 1. The van der Waals surface area contributed by atoms with Gasteiger partial charge < -0.3 is 4.90 Å². The second kappa shape index (κ2) is 4.66. The van der Waals surface area contributed by atoms with Crippen molar-refractivity contribution in [2.75, 3.05) is 18.0 Å². The van der Waals surface area contributed by atoms with Gasteiger partial charge in [0.2, 0.25) is 0 Å². The lowest BCUT2D eigenvalue weighted by Crippen LogP contribution is -2.29. The van der Waals surface area contributed by atoms with E-state index in [0.29, 0.717) is 5.56 Å². The molecule has 0 aliphatic carbocycles. The van der Waals surface area contributed by atoms with Crippen LogP contribution in [0.4, 0.5) is 5.69 Å². The molecule has 1 fully saturated rings. The first-order chi connectivity index (χ1) is 8.88. The fourth-order valence-corrected chi connectivity index (χ4v) is 2.60. The Balaban J connectivity index is 2.09. The molecule has 1 aliphatic heterocycles. The quantitative estimate of drug-likeness (QED) is 0.765. The van der Waals surface area contributed by atoms with Crippen molar-refractivity contribution in [3.63, 3.8) is 0 Å². The van der Waals surface area contributed by atoms with Crippen LogP contribution in [-0.2, 0) is 0 Å². The number of nitrogens with zero attached hydrogens (tertiary/aromatic N) is 3. The lowest BCUT2D eigenvalue weighted by molar-refractivity contribution is 0.579. The number of piperidine rings is 1. The first-order valence-electron chi connectivity index (χ1n) is 6.42. The van der Waals surface area contributed by atoms with E-state index in [1.807, 2.05) is 12.1 Å². The number of pyridine rings is 1. The minimum atomic E-state index is 0.623. The third kappa shape index (κ3) is 1.91. The normalized spacial score (nSPS) is 15.6. The van der Waals surface area contributed by atoms with E-state index in [9.17, 15) is 0 Å². The molecule has 1 aliphatic rings. The largest absolute Gasteiger partial charge is 0.370 e. The lowest BCUT2D eigenvalue weighted by Gasteiger charge is -2.29. The average Bonchev–Trinajstić information content (AvgIpc) is 2.47. The van der Waals surface area contributed by atoms with Gasteiger partial charge in [-0.1, -0.05) is 12.1 Å². The molecular weight excluding hydrogens is 222 g/mol. The highest BCUT2D eigenvalue weighted by Crippen LogP contribution is 2.27. The summed E-state index contributed by atoms with van der Waals surface area (Å²) in [4.78, 5) is 6.87. The molecule has 0 saturated carbocycles. The van der Waals surface area contributed by atoms with Gasteiger partial charge in [0.25, 0.3) is 0 Å². The van der Waals surface area contributed by atoms with Crippen LogP contribution in [0, 0.1) is 11.3 Å². The van der Waals surface area contributed by atoms with E-state index in [1.165, 1.54) is 24.9 Å². The fourth-order valence-electron chi connectivity index (χ4n) is 2.60. The van der Waals surface area contributed by atoms with E-state index >= 15 is 0 Å². The molecule has 2 heterocycles. The number of para-hydroxylation sites is 1. The minimum Gasteiger partial charge on any atom is -0.370 e. The second-order valence-electron chi connectivity index (χ2n) is 4.73. The molecule has 0 unspecified atom stereocenters. The number of anilines is 1. The molecule has 0 bridgehead atoms. The molecule has 3 heteroatoms. The maximum absolute atomic E-state index is 8.91. The molecule has 0 N–H and O–H groups in total. The molecule has 0 amide bonds. The van der Waals surface area contributed by atoms with Crippen LogP contribution in [0.3, 0.4) is 0 Å². The summed E-state index contributed by atoms with van der Waals surface area (Å²) in [6.45, 7) is 2.22. The van der Waals surface area contributed by atoms with Crippen LogP contribution in [0.5, 0.6) is 0 Å². The van der Waals surface area contributed by atoms with Gasteiger partial charge in [-0.2, -0.15) is 5.26 Å². The van der Waals surface area contributed by atoms with E-state index in [2.05, 4.69) is 28.1 Å². The molecule has 0 spiro atoms. The predicted molar refractivity (Wildman–Crippen MR) is 72.5 cm³/mol. The van der Waals surface area contributed by atoms with Gasteiger partial charge in [-0.3, -0.25) is 4.98 Å². The fraction of sp³-hybridized carbons (Fsp3) is 0.333. The summed E-state index contributed by atoms with van der Waals surface area (Å²) in [5.41, 5.74) is 2.84. The van der Waals surface area contributed by atoms with Gasteiger partial charge in [0.15, 0.2) is 0 Å². The Bertz CT molecular complexity index is 607. The van der Waals surface area contributed by atoms with E-state index in [-0.39, 0.29) is 0 Å². The Morgan fingerprint density at radius 1 is 1.17 bits per heavy atom. The number of benzene rings is 1. The summed E-state index contributed by atoms with van der Waals surface area (Å²) in [6, 6.07) is 10.3. The summed E-state index contributed by atoms with van der Waals surface area (Å²) >= 11 is 0. The standard InChI is InChI=1S/C15H15N3/c16-10-12-9-13-5-4-6-14(15(13)17-11-12)18-7-2-1-3-8-18/h4-6,9,11H,1-3,7-8H2. The Morgan fingerprint density at radius 3 is 2.78 bits per heavy atom. The van der Waals surface area contributed by atoms with Crippen LogP contribution in [-0.4, -0.2) is 18.1 Å². The van der Waals surface area contributed by atoms with Gasteiger partial charge in [-0.15, -0.1) is 0 Å². The first kappa shape index (κ1) is 11.0. The van der Waals surface area contributed by atoms with Crippen molar-refractivity contribution in [3.05, 3.63) is 36.0 Å². The third-order valence-electron chi connectivity index (χ3n) is 3.52. The number of rotatable bonds is 1. The Labute approximate surface area is 107 Å². The van der Waals surface area contributed by atoms with Crippen molar-refractivity contribution in [2.45, 2.75) is 19.3 Å². The maximum atomic E-state index is 8.91. The van der Waals surface area contributed by atoms with E-state index in [0.717, 1.165) is 24.0 Å². The van der Waals surface area contributed by atoms with Crippen molar-refractivity contribution in [2.24, 2.45) is 0 Å². The summed E-state index contributed by atoms with van der Waals surface area (Å²) in [6.07, 6.45) is 5.50. The smallest absolute Gasteiger partial charge is 0.101 e. The number of aromatic nitrogens is 1. The van der Waals surface area contributed by atoms with Crippen LogP contribution >= 0.6 is 0 Å². The third-order valence-corrected chi connectivity index (χ3v) is 3.52. The monoisotopic (exact) mass is 237 g/mol. The van der Waals surface area contributed by atoms with Crippen molar-refractivity contribution >= 4 is 16.6 Å².